The minimum absolute atomic E-state index is 0.0194. The molecule has 0 spiro atoms. The molecule has 5 rings (SSSR count). The third-order valence-corrected chi connectivity index (χ3v) is 7.12. The summed E-state index contributed by atoms with van der Waals surface area (Å²) in [5, 5.41) is 2.89. The lowest BCUT2D eigenvalue weighted by molar-refractivity contribution is -0.137. The van der Waals surface area contributed by atoms with Crippen LogP contribution >= 0.6 is 23.4 Å². The number of aromatic nitrogens is 2. The number of alkyl halides is 3. The average Bonchev–Trinajstić information content (AvgIpc) is 3.37. The number of thioether (sulfide) groups is 1. The molecule has 0 saturated heterocycles. The highest BCUT2D eigenvalue weighted by Crippen LogP contribution is 2.36. The molecule has 1 aliphatic rings. The molecule has 0 bridgehead atoms. The van der Waals surface area contributed by atoms with Crippen LogP contribution in [0.2, 0.25) is 5.02 Å². The molecule has 0 atom stereocenters. The Morgan fingerprint density at radius 3 is 2.54 bits per heavy atom. The van der Waals surface area contributed by atoms with Crippen LogP contribution in [0.3, 0.4) is 0 Å². The van der Waals surface area contributed by atoms with E-state index in [4.69, 9.17) is 25.8 Å². The summed E-state index contributed by atoms with van der Waals surface area (Å²) in [6.45, 7) is 0.162. The number of nitrogens with one attached hydrogen (secondary N) is 1. The second kappa shape index (κ2) is 10.7. The second-order valence-corrected chi connectivity index (χ2v) is 9.74. The Hall–Kier alpha value is -3.90. The van der Waals surface area contributed by atoms with Crippen LogP contribution in [0.5, 0.6) is 17.2 Å². The van der Waals surface area contributed by atoms with Gasteiger partial charge >= 0.3 is 6.18 Å². The van der Waals surface area contributed by atoms with Crippen molar-refractivity contribution in [2.45, 2.75) is 17.9 Å². The van der Waals surface area contributed by atoms with Gasteiger partial charge in [0, 0.05) is 6.07 Å². The van der Waals surface area contributed by atoms with E-state index in [0.717, 1.165) is 35.5 Å². The van der Waals surface area contributed by atoms with Crippen LogP contribution in [-0.4, -0.2) is 35.1 Å². The first kappa shape index (κ1) is 26.7. The molecule has 8 nitrogen and oxygen atoms in total. The fourth-order valence-electron chi connectivity index (χ4n) is 3.87. The number of hydrogen-bond donors (Lipinski definition) is 1. The zero-order chi connectivity index (χ0) is 27.7. The van der Waals surface area contributed by atoms with Crippen LogP contribution in [-0.2, 0) is 17.5 Å². The Morgan fingerprint density at radius 1 is 1.13 bits per heavy atom. The lowest BCUT2D eigenvalue weighted by Crippen LogP contribution is -2.25. The minimum Gasteiger partial charge on any atom is -0.497 e. The average molecular weight is 578 g/mol. The number of hydrogen-bond acceptors (Lipinski definition) is 7. The summed E-state index contributed by atoms with van der Waals surface area (Å²) in [7, 11) is 1.54. The second-order valence-electron chi connectivity index (χ2n) is 8.39. The summed E-state index contributed by atoms with van der Waals surface area (Å²) in [4.78, 5) is 30.9. The van der Waals surface area contributed by atoms with Crippen molar-refractivity contribution in [3.05, 3.63) is 81.1 Å². The first-order chi connectivity index (χ1) is 18.6. The molecule has 39 heavy (non-hydrogen) atoms. The summed E-state index contributed by atoms with van der Waals surface area (Å²) >= 11 is 6.96. The highest BCUT2D eigenvalue weighted by atomic mass is 35.5. The van der Waals surface area contributed by atoms with Gasteiger partial charge in [0.15, 0.2) is 16.7 Å². The van der Waals surface area contributed by atoms with E-state index >= 15 is 0 Å². The third-order valence-electron chi connectivity index (χ3n) is 5.81. The molecular weight excluding hydrogens is 559 g/mol. The summed E-state index contributed by atoms with van der Waals surface area (Å²) in [6.07, 6.45) is -4.60. The molecular formula is C26H19ClF3N3O5S. The number of nitrogens with zero attached hydrogens (tertiary/aromatic N) is 2. The van der Waals surface area contributed by atoms with E-state index in [2.05, 4.69) is 10.3 Å². The number of carbonyl (C=O) groups excluding carboxylic acids is 1. The van der Waals surface area contributed by atoms with Crippen LogP contribution in [0.4, 0.5) is 18.9 Å². The van der Waals surface area contributed by atoms with E-state index in [1.807, 2.05) is 0 Å². The molecule has 202 valence electrons. The Bertz CT molecular complexity index is 1630. The van der Waals surface area contributed by atoms with E-state index < -0.39 is 17.6 Å². The molecule has 3 aromatic carbocycles. The van der Waals surface area contributed by atoms with Gasteiger partial charge in [0.2, 0.25) is 12.7 Å². The van der Waals surface area contributed by atoms with E-state index in [-0.39, 0.29) is 40.5 Å². The number of anilines is 1. The summed E-state index contributed by atoms with van der Waals surface area (Å²) < 4.78 is 56.7. The van der Waals surface area contributed by atoms with Gasteiger partial charge in [0.05, 0.1) is 46.6 Å². The van der Waals surface area contributed by atoms with Crippen LogP contribution in [0.25, 0.3) is 10.9 Å². The Balaban J connectivity index is 1.45. The van der Waals surface area contributed by atoms with Gasteiger partial charge in [0.1, 0.15) is 5.75 Å². The topological polar surface area (TPSA) is 91.7 Å². The maximum atomic E-state index is 13.6. The van der Waals surface area contributed by atoms with Gasteiger partial charge in [-0.05, 0) is 42.0 Å². The SMILES string of the molecule is COc1ccc(Cn2c(SCC(=O)Nc3cc(C(F)(F)F)ccc3Cl)nc3cc4c(cc3c2=O)OCO4)cc1. The van der Waals surface area contributed by atoms with Crippen LogP contribution in [0.15, 0.2) is 64.5 Å². The van der Waals surface area contributed by atoms with Crippen molar-refractivity contribution < 1.29 is 32.2 Å². The maximum Gasteiger partial charge on any atom is 0.416 e. The first-order valence-corrected chi connectivity index (χ1v) is 12.8. The molecule has 1 aromatic heterocycles. The molecule has 1 N–H and O–H groups in total. The number of rotatable bonds is 7. The monoisotopic (exact) mass is 577 g/mol. The zero-order valence-corrected chi connectivity index (χ0v) is 21.7. The molecule has 1 amide bonds. The molecule has 13 heteroatoms. The van der Waals surface area contributed by atoms with E-state index in [1.54, 1.807) is 43.5 Å². The quantitative estimate of drug-likeness (QED) is 0.226. The molecule has 2 heterocycles. The molecule has 4 aromatic rings. The Morgan fingerprint density at radius 2 is 1.85 bits per heavy atom. The molecule has 0 saturated carbocycles. The van der Waals surface area contributed by atoms with Gasteiger partial charge in [-0.15, -0.1) is 0 Å². The normalized spacial score (nSPS) is 12.5. The van der Waals surface area contributed by atoms with Crippen molar-refractivity contribution in [2.75, 3.05) is 25.0 Å². The third kappa shape index (κ3) is 5.76. The van der Waals surface area contributed by atoms with Crippen LogP contribution in [0.1, 0.15) is 11.1 Å². The fraction of sp³-hybridized carbons (Fsp3) is 0.192. The number of ether oxygens (including phenoxy) is 3. The van der Waals surface area contributed by atoms with Gasteiger partial charge in [-0.3, -0.25) is 14.2 Å². The van der Waals surface area contributed by atoms with Gasteiger partial charge < -0.3 is 19.5 Å². The van der Waals surface area contributed by atoms with E-state index in [1.165, 1.54) is 4.57 Å². The van der Waals surface area contributed by atoms with Crippen LogP contribution < -0.4 is 25.1 Å². The summed E-state index contributed by atoms with van der Waals surface area (Å²) in [6, 6.07) is 12.9. The van der Waals surface area contributed by atoms with Gasteiger partial charge in [-0.25, -0.2) is 4.98 Å². The number of fused-ring (bicyclic) bond motifs is 2. The van der Waals surface area contributed by atoms with Crippen molar-refractivity contribution in [2.24, 2.45) is 0 Å². The van der Waals surface area contributed by atoms with E-state index in [9.17, 15) is 22.8 Å². The van der Waals surface area contributed by atoms with Gasteiger partial charge in [-0.2, -0.15) is 13.2 Å². The van der Waals surface area contributed by atoms with E-state index in [0.29, 0.717) is 28.2 Å². The number of carbonyl (C=O) groups is 1. The predicted octanol–water partition coefficient (Wildman–Crippen LogP) is 5.59. The summed E-state index contributed by atoms with van der Waals surface area (Å²) in [5.74, 6) is 0.634. The largest absolute Gasteiger partial charge is 0.497 e. The number of methoxy groups -OCH3 is 1. The lowest BCUT2D eigenvalue weighted by atomic mass is 10.2. The zero-order valence-electron chi connectivity index (χ0n) is 20.2. The van der Waals surface area contributed by atoms with Crippen molar-refractivity contribution in [1.29, 1.82) is 0 Å². The van der Waals surface area contributed by atoms with Crippen LogP contribution in [0, 0.1) is 0 Å². The molecule has 0 aliphatic carbocycles. The smallest absolute Gasteiger partial charge is 0.416 e. The number of benzene rings is 3. The highest BCUT2D eigenvalue weighted by molar-refractivity contribution is 7.99. The van der Waals surface area contributed by atoms with Crippen molar-refractivity contribution in [3.63, 3.8) is 0 Å². The standard InChI is InChI=1S/C26H19ClF3N3O5S/c1-36-16-5-2-14(3-6-16)11-33-24(35)17-9-21-22(38-13-37-21)10-19(17)32-25(33)39-12-23(34)31-20-8-15(26(28,29)30)4-7-18(20)27/h2-10H,11-13H2,1H3,(H,31,34). The van der Waals surface area contributed by atoms with Crippen molar-refractivity contribution >= 4 is 45.9 Å². The summed E-state index contributed by atoms with van der Waals surface area (Å²) in [5.41, 5.74) is -0.358. The lowest BCUT2D eigenvalue weighted by Gasteiger charge is -2.14. The van der Waals surface area contributed by atoms with Gasteiger partial charge in [-0.1, -0.05) is 35.5 Å². The molecule has 1 aliphatic heterocycles. The number of halogens is 4. The van der Waals surface area contributed by atoms with Crippen molar-refractivity contribution in [3.8, 4) is 17.2 Å². The predicted molar refractivity (Wildman–Crippen MR) is 140 cm³/mol. The van der Waals surface area contributed by atoms with Crippen molar-refractivity contribution in [1.82, 2.24) is 9.55 Å². The Kier molecular flexibility index (Phi) is 7.32. The molecule has 0 unspecified atom stereocenters. The minimum atomic E-state index is -4.60. The molecule has 0 radical (unpaired) electrons. The highest BCUT2D eigenvalue weighted by Gasteiger charge is 2.31. The first-order valence-electron chi connectivity index (χ1n) is 11.4. The maximum absolute atomic E-state index is 13.6. The number of amides is 1. The Labute approximate surface area is 228 Å². The fourth-order valence-corrected chi connectivity index (χ4v) is 4.83. The molecule has 0 fully saturated rings. The van der Waals surface area contributed by atoms with Gasteiger partial charge in [0.25, 0.3) is 5.56 Å².